The number of phenols is 1. The van der Waals surface area contributed by atoms with Crippen LogP contribution in [-0.4, -0.2) is 48.3 Å². The Morgan fingerprint density at radius 1 is 1.21 bits per heavy atom. The largest absolute Gasteiger partial charge is 0.507 e. The second-order valence-corrected chi connectivity index (χ2v) is 7.56. The summed E-state index contributed by atoms with van der Waals surface area (Å²) in [6.07, 6.45) is -3.47. The Kier molecular flexibility index (Phi) is 11.2. The molecule has 2 aromatic carbocycles. The second-order valence-electron chi connectivity index (χ2n) is 7.16. The molecule has 0 saturated carbocycles. The molecule has 6 nitrogen and oxygen atoms in total. The summed E-state index contributed by atoms with van der Waals surface area (Å²) in [5, 5.41) is 26.9. The first-order valence-corrected chi connectivity index (χ1v) is 11.2. The Bertz CT molecular complexity index is 997. The van der Waals surface area contributed by atoms with Crippen LogP contribution in [0.2, 0.25) is 5.02 Å². The van der Waals surface area contributed by atoms with Crippen molar-refractivity contribution in [1.29, 1.82) is 5.41 Å². The molecule has 0 radical (unpaired) electrons. The SMILES string of the molecule is CC.CCCc1c(OCCCN(C)c2ccc(C(=O)O)cc2Cl)ccc(C(=N)C(F)(F)F)c1O. The van der Waals surface area contributed by atoms with Gasteiger partial charge in [0.25, 0.3) is 0 Å². The van der Waals surface area contributed by atoms with Crippen molar-refractivity contribution < 1.29 is 32.9 Å². The summed E-state index contributed by atoms with van der Waals surface area (Å²) in [6.45, 7) is 6.55. The number of ether oxygens (including phenoxy) is 1. The number of benzene rings is 2. The zero-order valence-corrected chi connectivity index (χ0v) is 20.3. The number of rotatable bonds is 10. The van der Waals surface area contributed by atoms with E-state index in [9.17, 15) is 23.1 Å². The van der Waals surface area contributed by atoms with Crippen LogP contribution in [-0.2, 0) is 6.42 Å². The third-order valence-electron chi connectivity index (χ3n) is 4.79. The van der Waals surface area contributed by atoms with Crippen molar-refractivity contribution in [3.8, 4) is 11.5 Å². The fourth-order valence-corrected chi connectivity index (χ4v) is 3.48. The smallest absolute Gasteiger partial charge is 0.433 e. The lowest BCUT2D eigenvalue weighted by molar-refractivity contribution is -0.0588. The van der Waals surface area contributed by atoms with E-state index in [1.54, 1.807) is 13.1 Å². The number of halogens is 4. The average molecular weight is 503 g/mol. The molecule has 0 heterocycles. The molecule has 0 atom stereocenters. The molecule has 0 amide bonds. The summed E-state index contributed by atoms with van der Waals surface area (Å²) in [5.41, 5.74) is -1.21. The highest BCUT2D eigenvalue weighted by atomic mass is 35.5. The number of phenolic OH excluding ortho intramolecular Hbond substituents is 1. The Morgan fingerprint density at radius 3 is 2.38 bits per heavy atom. The number of anilines is 1. The standard InChI is InChI=1S/C22H24ClF3N2O4.C2H6/c1-3-5-14-18(9-7-15(19(14)29)20(27)22(24,25)26)32-11-4-10-28(2)17-8-6-13(21(30)31)12-16(17)23;1-2/h6-9,12,27,29H,3-5,10-11H2,1-2H3,(H,30,31);1-2H3. The molecule has 2 rings (SSSR count). The van der Waals surface area contributed by atoms with Gasteiger partial charge in [0.15, 0.2) is 0 Å². The maximum atomic E-state index is 12.9. The average Bonchev–Trinajstić information content (AvgIpc) is 2.78. The zero-order chi connectivity index (χ0) is 26.1. The van der Waals surface area contributed by atoms with Gasteiger partial charge in [0, 0.05) is 24.7 Å². The van der Waals surface area contributed by atoms with Crippen LogP contribution in [0.15, 0.2) is 30.3 Å². The van der Waals surface area contributed by atoms with Gasteiger partial charge < -0.3 is 19.8 Å². The normalized spacial score (nSPS) is 10.8. The fraction of sp³-hybridized carbons (Fsp3) is 0.417. The van der Waals surface area contributed by atoms with Crippen LogP contribution < -0.4 is 9.64 Å². The molecular weight excluding hydrogens is 473 g/mol. The van der Waals surface area contributed by atoms with Crippen LogP contribution >= 0.6 is 11.6 Å². The maximum absolute atomic E-state index is 12.9. The maximum Gasteiger partial charge on any atom is 0.433 e. The van der Waals surface area contributed by atoms with E-state index in [-0.39, 0.29) is 23.5 Å². The molecular formula is C24H30ClF3N2O4. The van der Waals surface area contributed by atoms with Gasteiger partial charge in [0.05, 0.1) is 22.9 Å². The Hall–Kier alpha value is -2.94. The van der Waals surface area contributed by atoms with Gasteiger partial charge >= 0.3 is 12.1 Å². The van der Waals surface area contributed by atoms with Crippen LogP contribution in [0.4, 0.5) is 18.9 Å². The molecule has 188 valence electrons. The molecule has 0 bridgehead atoms. The molecule has 0 aliphatic heterocycles. The number of nitrogens with zero attached hydrogens (tertiary/aromatic N) is 1. The summed E-state index contributed by atoms with van der Waals surface area (Å²) in [5.74, 6) is -1.39. The van der Waals surface area contributed by atoms with E-state index in [0.29, 0.717) is 36.5 Å². The van der Waals surface area contributed by atoms with Gasteiger partial charge in [-0.1, -0.05) is 38.8 Å². The Labute approximate surface area is 202 Å². The number of aromatic carboxylic acids is 1. The van der Waals surface area contributed by atoms with Gasteiger partial charge in [0.2, 0.25) is 0 Å². The lowest BCUT2D eigenvalue weighted by atomic mass is 10.00. The third-order valence-corrected chi connectivity index (χ3v) is 5.10. The number of carboxylic acids is 1. The number of carbonyl (C=O) groups is 1. The highest BCUT2D eigenvalue weighted by Gasteiger charge is 2.37. The first-order chi connectivity index (χ1) is 16.0. The number of alkyl halides is 3. The monoisotopic (exact) mass is 502 g/mol. The van der Waals surface area contributed by atoms with Crippen molar-refractivity contribution in [2.75, 3.05) is 25.1 Å². The van der Waals surface area contributed by atoms with E-state index in [2.05, 4.69) is 0 Å². The first kappa shape index (κ1) is 29.1. The summed E-state index contributed by atoms with van der Waals surface area (Å²) in [4.78, 5) is 12.8. The molecule has 0 aliphatic rings. The van der Waals surface area contributed by atoms with Gasteiger partial charge in [0.1, 0.15) is 17.2 Å². The van der Waals surface area contributed by atoms with Crippen LogP contribution in [0.3, 0.4) is 0 Å². The van der Waals surface area contributed by atoms with Crippen molar-refractivity contribution in [1.82, 2.24) is 0 Å². The lowest BCUT2D eigenvalue weighted by Crippen LogP contribution is -2.23. The van der Waals surface area contributed by atoms with Crippen LogP contribution in [0.1, 0.15) is 55.1 Å². The van der Waals surface area contributed by atoms with Crippen LogP contribution in [0, 0.1) is 5.41 Å². The molecule has 0 saturated heterocycles. The summed E-state index contributed by atoms with van der Waals surface area (Å²) in [6, 6.07) is 6.81. The lowest BCUT2D eigenvalue weighted by Gasteiger charge is -2.21. The summed E-state index contributed by atoms with van der Waals surface area (Å²) >= 11 is 6.16. The molecule has 0 spiro atoms. The quantitative estimate of drug-likeness (QED) is 0.253. The predicted octanol–water partition coefficient (Wildman–Crippen LogP) is 6.56. The van der Waals surface area contributed by atoms with Gasteiger partial charge in [-0.05, 0) is 43.2 Å². The van der Waals surface area contributed by atoms with E-state index in [4.69, 9.17) is 26.9 Å². The van der Waals surface area contributed by atoms with Gasteiger partial charge in [-0.15, -0.1) is 0 Å². The van der Waals surface area contributed by atoms with E-state index in [0.717, 1.165) is 6.07 Å². The predicted molar refractivity (Wildman–Crippen MR) is 128 cm³/mol. The minimum absolute atomic E-state index is 0.0841. The number of carboxylic acid groups (broad SMARTS) is 1. The van der Waals surface area contributed by atoms with Gasteiger partial charge in [-0.2, -0.15) is 13.2 Å². The first-order valence-electron chi connectivity index (χ1n) is 10.8. The number of aromatic hydroxyl groups is 1. The number of hydrogen-bond donors (Lipinski definition) is 3. The van der Waals surface area contributed by atoms with Crippen molar-refractivity contribution in [3.63, 3.8) is 0 Å². The third kappa shape index (κ3) is 7.55. The van der Waals surface area contributed by atoms with Crippen LogP contribution in [0.25, 0.3) is 0 Å². The molecule has 0 aliphatic carbocycles. The minimum atomic E-state index is -4.86. The molecule has 0 aromatic heterocycles. The van der Waals surface area contributed by atoms with E-state index in [1.165, 1.54) is 18.2 Å². The van der Waals surface area contributed by atoms with E-state index >= 15 is 0 Å². The molecule has 3 N–H and O–H groups in total. The summed E-state index contributed by atoms with van der Waals surface area (Å²) in [7, 11) is 1.79. The van der Waals surface area contributed by atoms with Crippen molar-refractivity contribution in [2.24, 2.45) is 0 Å². The Morgan fingerprint density at radius 2 is 1.85 bits per heavy atom. The summed E-state index contributed by atoms with van der Waals surface area (Å²) < 4.78 is 44.3. The number of hydrogen-bond acceptors (Lipinski definition) is 5. The van der Waals surface area contributed by atoms with Crippen molar-refractivity contribution >= 4 is 29.0 Å². The molecule has 2 aromatic rings. The van der Waals surface area contributed by atoms with Crippen molar-refractivity contribution in [2.45, 2.75) is 46.2 Å². The minimum Gasteiger partial charge on any atom is -0.507 e. The number of nitrogens with one attached hydrogen (secondary N) is 1. The van der Waals surface area contributed by atoms with Crippen LogP contribution in [0.5, 0.6) is 11.5 Å². The molecule has 10 heteroatoms. The second kappa shape index (κ2) is 13.1. The zero-order valence-electron chi connectivity index (χ0n) is 19.6. The van der Waals surface area contributed by atoms with Gasteiger partial charge in [-0.25, -0.2) is 4.79 Å². The molecule has 0 unspecified atom stereocenters. The van der Waals surface area contributed by atoms with Crippen molar-refractivity contribution in [3.05, 3.63) is 52.0 Å². The van der Waals surface area contributed by atoms with E-state index in [1.807, 2.05) is 25.7 Å². The van der Waals surface area contributed by atoms with Gasteiger partial charge in [-0.3, -0.25) is 5.41 Å². The topological polar surface area (TPSA) is 93.9 Å². The highest BCUT2D eigenvalue weighted by molar-refractivity contribution is 6.33. The highest BCUT2D eigenvalue weighted by Crippen LogP contribution is 2.36. The van der Waals surface area contributed by atoms with E-state index < -0.39 is 29.2 Å². The molecule has 34 heavy (non-hydrogen) atoms. The molecule has 0 fully saturated rings. The fourth-order valence-electron chi connectivity index (χ4n) is 3.15. The Balaban J connectivity index is 0.00000281.